The van der Waals surface area contributed by atoms with Gasteiger partial charge in [0, 0.05) is 12.6 Å². The molecule has 0 aliphatic rings. The van der Waals surface area contributed by atoms with Gasteiger partial charge in [0.05, 0.1) is 18.9 Å². The maximum absolute atomic E-state index is 12.4. The van der Waals surface area contributed by atoms with Crippen LogP contribution in [0.15, 0.2) is 36.5 Å². The van der Waals surface area contributed by atoms with E-state index in [-0.39, 0.29) is 18.0 Å². The molecule has 2 aromatic heterocycles. The van der Waals surface area contributed by atoms with Crippen LogP contribution in [-0.4, -0.2) is 49.6 Å². The van der Waals surface area contributed by atoms with Crippen molar-refractivity contribution in [2.75, 3.05) is 7.11 Å². The van der Waals surface area contributed by atoms with Crippen molar-refractivity contribution in [1.82, 2.24) is 24.9 Å². The van der Waals surface area contributed by atoms with E-state index < -0.39 is 23.7 Å². The Labute approximate surface area is 146 Å². The number of rotatable bonds is 5. The van der Waals surface area contributed by atoms with E-state index in [4.69, 9.17) is 5.11 Å². The quantitative estimate of drug-likeness (QED) is 0.633. The average molecular weight is 355 g/mol. The van der Waals surface area contributed by atoms with Crippen LogP contribution in [0, 0.1) is 0 Å². The molecule has 132 valence electrons. The molecule has 0 saturated heterocycles. The fourth-order valence-electron chi connectivity index (χ4n) is 2.21. The number of nitrogens with zero attached hydrogens (tertiary/aromatic N) is 4. The minimum atomic E-state index is -1.35. The molecule has 2 N–H and O–H groups in total. The van der Waals surface area contributed by atoms with Gasteiger partial charge in [-0.3, -0.25) is 4.79 Å². The highest BCUT2D eigenvalue weighted by molar-refractivity contribution is 5.93. The van der Waals surface area contributed by atoms with Gasteiger partial charge in [-0.2, -0.15) is 14.6 Å². The molecular formula is C16H13N5O5. The van der Waals surface area contributed by atoms with Crippen molar-refractivity contribution in [3.05, 3.63) is 59.3 Å². The van der Waals surface area contributed by atoms with Crippen LogP contribution in [0.5, 0.6) is 0 Å². The molecule has 10 nitrogen and oxygen atoms in total. The first kappa shape index (κ1) is 17.0. The maximum Gasteiger partial charge on any atom is 0.374 e. The van der Waals surface area contributed by atoms with Gasteiger partial charge in [0.15, 0.2) is 5.65 Å². The van der Waals surface area contributed by atoms with Crippen LogP contribution >= 0.6 is 0 Å². The molecule has 1 amide bonds. The summed E-state index contributed by atoms with van der Waals surface area (Å²) in [5.74, 6) is -3.10. The molecule has 0 spiro atoms. The van der Waals surface area contributed by atoms with Crippen LogP contribution in [0.3, 0.4) is 0 Å². The molecule has 0 aliphatic heterocycles. The molecule has 0 aliphatic carbocycles. The number of benzene rings is 1. The molecule has 3 rings (SSSR count). The van der Waals surface area contributed by atoms with Crippen molar-refractivity contribution < 1.29 is 24.2 Å². The van der Waals surface area contributed by atoms with E-state index in [1.54, 1.807) is 24.3 Å². The molecule has 3 aromatic rings. The van der Waals surface area contributed by atoms with Crippen LogP contribution in [0.25, 0.3) is 5.65 Å². The zero-order valence-corrected chi connectivity index (χ0v) is 13.5. The average Bonchev–Trinajstić information content (AvgIpc) is 3.13. The standard InChI is InChI=1S/C16H13N5O5/c1-26-16(25)10-4-2-9(3-5-10)8-17-14(22)13-20-12(15(23)24)19-11-6-7-18-21(11)13/h2-7H,8H2,1H3,(H,17,22)(H,23,24). The smallest absolute Gasteiger partial charge is 0.374 e. The maximum atomic E-state index is 12.4. The number of aromatic carboxylic acids is 1. The first-order valence-electron chi connectivity index (χ1n) is 7.40. The summed E-state index contributed by atoms with van der Waals surface area (Å²) in [5.41, 5.74) is 1.32. The number of hydrogen-bond donors (Lipinski definition) is 2. The normalized spacial score (nSPS) is 10.5. The molecule has 0 radical (unpaired) electrons. The summed E-state index contributed by atoms with van der Waals surface area (Å²) in [6.45, 7) is 0.148. The van der Waals surface area contributed by atoms with E-state index in [1.807, 2.05) is 0 Å². The number of carboxylic acids is 1. The lowest BCUT2D eigenvalue weighted by molar-refractivity contribution is 0.0599. The summed E-state index contributed by atoms with van der Waals surface area (Å²) in [7, 11) is 1.29. The Bertz CT molecular complexity index is 996. The molecular weight excluding hydrogens is 342 g/mol. The molecule has 2 heterocycles. The highest BCUT2D eigenvalue weighted by Crippen LogP contribution is 2.07. The first-order valence-corrected chi connectivity index (χ1v) is 7.40. The SMILES string of the molecule is COC(=O)c1ccc(CNC(=O)c2nc(C(=O)O)nc3ccnn23)cc1. The van der Waals surface area contributed by atoms with Gasteiger partial charge in [-0.15, -0.1) is 0 Å². The lowest BCUT2D eigenvalue weighted by atomic mass is 10.1. The summed E-state index contributed by atoms with van der Waals surface area (Å²) < 4.78 is 5.77. The second-order valence-electron chi connectivity index (χ2n) is 5.15. The van der Waals surface area contributed by atoms with Gasteiger partial charge < -0.3 is 15.2 Å². The van der Waals surface area contributed by atoms with Gasteiger partial charge >= 0.3 is 11.9 Å². The lowest BCUT2D eigenvalue weighted by Gasteiger charge is -2.07. The molecule has 0 unspecified atom stereocenters. The number of hydrogen-bond acceptors (Lipinski definition) is 7. The highest BCUT2D eigenvalue weighted by atomic mass is 16.5. The van der Waals surface area contributed by atoms with E-state index in [9.17, 15) is 14.4 Å². The van der Waals surface area contributed by atoms with Crippen LogP contribution < -0.4 is 5.32 Å². The topological polar surface area (TPSA) is 136 Å². The summed E-state index contributed by atoms with van der Waals surface area (Å²) in [6, 6.07) is 7.95. The number of nitrogens with one attached hydrogen (secondary N) is 1. The largest absolute Gasteiger partial charge is 0.475 e. The monoisotopic (exact) mass is 355 g/mol. The van der Waals surface area contributed by atoms with E-state index in [2.05, 4.69) is 25.1 Å². The third kappa shape index (κ3) is 3.34. The number of carbonyl (C=O) groups is 3. The predicted octanol–water partition coefficient (Wildman–Crippen LogP) is 0.539. The number of aromatic nitrogens is 4. The summed E-state index contributed by atoms with van der Waals surface area (Å²) >= 11 is 0. The van der Waals surface area contributed by atoms with Gasteiger partial charge in [-0.25, -0.2) is 14.6 Å². The van der Waals surface area contributed by atoms with E-state index in [0.717, 1.165) is 10.1 Å². The molecule has 0 fully saturated rings. The summed E-state index contributed by atoms with van der Waals surface area (Å²) in [5, 5.41) is 15.6. The number of esters is 1. The minimum absolute atomic E-state index is 0.148. The lowest BCUT2D eigenvalue weighted by Crippen LogP contribution is -2.28. The predicted molar refractivity (Wildman–Crippen MR) is 86.7 cm³/mol. The van der Waals surface area contributed by atoms with Gasteiger partial charge in [0.25, 0.3) is 5.91 Å². The molecule has 0 bridgehead atoms. The van der Waals surface area contributed by atoms with Crippen molar-refractivity contribution in [2.24, 2.45) is 0 Å². The van der Waals surface area contributed by atoms with Crippen molar-refractivity contribution in [3.8, 4) is 0 Å². The van der Waals surface area contributed by atoms with Crippen molar-refractivity contribution in [2.45, 2.75) is 6.54 Å². The number of amides is 1. The molecule has 0 saturated carbocycles. The van der Waals surface area contributed by atoms with Crippen molar-refractivity contribution in [1.29, 1.82) is 0 Å². The highest BCUT2D eigenvalue weighted by Gasteiger charge is 2.18. The molecule has 0 atom stereocenters. The zero-order valence-electron chi connectivity index (χ0n) is 13.5. The fraction of sp³-hybridized carbons (Fsp3) is 0.125. The Hall–Kier alpha value is -3.82. The van der Waals surface area contributed by atoms with E-state index in [1.165, 1.54) is 19.4 Å². The Kier molecular flexibility index (Phi) is 4.56. The van der Waals surface area contributed by atoms with E-state index in [0.29, 0.717) is 5.56 Å². The second kappa shape index (κ2) is 6.97. The van der Waals surface area contributed by atoms with Crippen LogP contribution in [0.2, 0.25) is 0 Å². The fourth-order valence-corrected chi connectivity index (χ4v) is 2.21. The molecule has 1 aromatic carbocycles. The molecule has 10 heteroatoms. The van der Waals surface area contributed by atoms with Gasteiger partial charge in [0.1, 0.15) is 0 Å². The Morgan fingerprint density at radius 2 is 1.88 bits per heavy atom. The Balaban J connectivity index is 1.78. The van der Waals surface area contributed by atoms with Gasteiger partial charge in [-0.1, -0.05) is 12.1 Å². The number of ether oxygens (including phenoxy) is 1. The van der Waals surface area contributed by atoms with Crippen molar-refractivity contribution >= 4 is 23.5 Å². The molecule has 26 heavy (non-hydrogen) atoms. The summed E-state index contributed by atoms with van der Waals surface area (Å²) in [4.78, 5) is 42.4. The van der Waals surface area contributed by atoms with Gasteiger partial charge in [0.2, 0.25) is 11.6 Å². The second-order valence-corrected chi connectivity index (χ2v) is 5.15. The van der Waals surface area contributed by atoms with Crippen LogP contribution in [-0.2, 0) is 11.3 Å². The minimum Gasteiger partial charge on any atom is -0.475 e. The number of carboxylic acid groups (broad SMARTS) is 1. The third-order valence-electron chi connectivity index (χ3n) is 3.48. The Morgan fingerprint density at radius 1 is 1.15 bits per heavy atom. The number of methoxy groups -OCH3 is 1. The zero-order chi connectivity index (χ0) is 18.7. The van der Waals surface area contributed by atoms with Gasteiger partial charge in [-0.05, 0) is 17.7 Å². The summed E-state index contributed by atoms with van der Waals surface area (Å²) in [6.07, 6.45) is 1.39. The van der Waals surface area contributed by atoms with Crippen LogP contribution in [0.4, 0.5) is 0 Å². The van der Waals surface area contributed by atoms with E-state index >= 15 is 0 Å². The number of fused-ring (bicyclic) bond motifs is 1. The first-order chi connectivity index (χ1) is 12.5. The van der Waals surface area contributed by atoms with Crippen LogP contribution in [0.1, 0.15) is 37.2 Å². The third-order valence-corrected chi connectivity index (χ3v) is 3.48. The van der Waals surface area contributed by atoms with Crippen molar-refractivity contribution in [3.63, 3.8) is 0 Å². The Morgan fingerprint density at radius 3 is 2.54 bits per heavy atom. The number of carbonyl (C=O) groups excluding carboxylic acids is 2.